The second-order valence-corrected chi connectivity index (χ2v) is 17.3. The summed E-state index contributed by atoms with van der Waals surface area (Å²) < 4.78 is 5.11. The van der Waals surface area contributed by atoms with Crippen molar-refractivity contribution in [1.82, 2.24) is 19.5 Å². The lowest BCUT2D eigenvalue weighted by Crippen LogP contribution is -2.00. The molecule has 0 N–H and O–H groups in total. The summed E-state index contributed by atoms with van der Waals surface area (Å²) in [5.74, 6) is 1.91. The van der Waals surface area contributed by atoms with Gasteiger partial charge in [-0.1, -0.05) is 182 Å². The van der Waals surface area contributed by atoms with Crippen LogP contribution in [0.1, 0.15) is 0 Å². The summed E-state index contributed by atoms with van der Waals surface area (Å²) in [6.07, 6.45) is 0. The molecule has 0 amide bonds. The Hall–Kier alpha value is -8.25. The fraction of sp³-hybridized carbons (Fsp3) is 0. The van der Waals surface area contributed by atoms with Gasteiger partial charge in [0, 0.05) is 53.3 Å². The van der Waals surface area contributed by atoms with Gasteiger partial charge in [0.15, 0.2) is 17.5 Å². The van der Waals surface area contributed by atoms with Crippen LogP contribution < -0.4 is 0 Å². The van der Waals surface area contributed by atoms with Gasteiger partial charge in [-0.3, -0.25) is 0 Å². The third kappa shape index (κ3) is 5.79. The van der Waals surface area contributed by atoms with Crippen molar-refractivity contribution in [3.63, 3.8) is 0 Å². The summed E-state index contributed by atoms with van der Waals surface area (Å²) in [6, 6.07) is 78.1. The predicted molar refractivity (Wildman–Crippen MR) is 269 cm³/mol. The van der Waals surface area contributed by atoms with Gasteiger partial charge >= 0.3 is 0 Å². The fourth-order valence-corrected chi connectivity index (χ4v) is 11.0. The van der Waals surface area contributed by atoms with Crippen LogP contribution in [0, 0.1) is 0 Å². The molecule has 0 radical (unpaired) electrons. The van der Waals surface area contributed by atoms with Gasteiger partial charge in [0.2, 0.25) is 0 Å². The lowest BCUT2D eigenvalue weighted by molar-refractivity contribution is 1.07. The largest absolute Gasteiger partial charge is 0.309 e. The predicted octanol–water partition coefficient (Wildman–Crippen LogP) is 16.0. The minimum Gasteiger partial charge on any atom is -0.309 e. The molecule has 0 spiro atoms. The molecular formula is C59H36N4S. The Morgan fingerprint density at radius 3 is 1.42 bits per heavy atom. The van der Waals surface area contributed by atoms with E-state index in [9.17, 15) is 0 Å². The third-order valence-corrected chi connectivity index (χ3v) is 13.8. The lowest BCUT2D eigenvalue weighted by atomic mass is 9.84. The smallest absolute Gasteiger partial charge is 0.164 e. The van der Waals surface area contributed by atoms with Gasteiger partial charge in [-0.25, -0.2) is 15.0 Å². The minimum atomic E-state index is 0.629. The Labute approximate surface area is 373 Å². The maximum Gasteiger partial charge on any atom is 0.164 e. The molecule has 4 nitrogen and oxygen atoms in total. The van der Waals surface area contributed by atoms with Gasteiger partial charge in [-0.2, -0.15) is 0 Å². The number of thiophene rings is 1. The van der Waals surface area contributed by atoms with Gasteiger partial charge in [0.25, 0.3) is 0 Å². The topological polar surface area (TPSA) is 43.6 Å². The number of hydrogen-bond donors (Lipinski definition) is 0. The van der Waals surface area contributed by atoms with Crippen molar-refractivity contribution < 1.29 is 0 Å². The number of nitrogens with zero attached hydrogens (tertiary/aromatic N) is 4. The molecule has 0 aliphatic carbocycles. The summed E-state index contributed by atoms with van der Waals surface area (Å²) in [4.78, 5) is 15.3. The van der Waals surface area contributed by atoms with Crippen molar-refractivity contribution in [2.24, 2.45) is 0 Å². The lowest BCUT2D eigenvalue weighted by Gasteiger charge is -2.20. The molecule has 3 heterocycles. The Bertz CT molecular complexity index is 3870. The molecule has 10 aromatic carbocycles. The maximum absolute atomic E-state index is 5.15. The first-order valence-electron chi connectivity index (χ1n) is 21.6. The molecule has 0 aliphatic heterocycles. The Morgan fingerprint density at radius 2 is 0.797 bits per heavy atom. The van der Waals surface area contributed by atoms with Crippen LogP contribution >= 0.6 is 11.3 Å². The van der Waals surface area contributed by atoms with E-state index < -0.39 is 0 Å². The van der Waals surface area contributed by atoms with Crippen molar-refractivity contribution >= 4 is 74.9 Å². The van der Waals surface area contributed by atoms with Gasteiger partial charge in [0.05, 0.1) is 11.0 Å². The molecule has 0 aliphatic rings. The molecular weight excluding hydrogens is 797 g/mol. The first-order chi connectivity index (χ1) is 31.7. The first-order valence-corrected chi connectivity index (χ1v) is 22.4. The summed E-state index contributed by atoms with van der Waals surface area (Å²) >= 11 is 1.89. The van der Waals surface area contributed by atoms with E-state index in [0.29, 0.717) is 17.5 Å². The molecule has 3 aromatic heterocycles. The van der Waals surface area contributed by atoms with Gasteiger partial charge in [-0.05, 0) is 80.2 Å². The zero-order valence-electron chi connectivity index (χ0n) is 34.5. The van der Waals surface area contributed by atoms with E-state index in [1.165, 1.54) is 69.3 Å². The zero-order chi connectivity index (χ0) is 42.1. The molecule has 0 unspecified atom stereocenters. The van der Waals surface area contributed by atoms with Crippen molar-refractivity contribution in [2.45, 2.75) is 0 Å². The molecule has 0 bridgehead atoms. The van der Waals surface area contributed by atoms with E-state index in [2.05, 4.69) is 187 Å². The van der Waals surface area contributed by atoms with E-state index in [1.807, 2.05) is 47.7 Å². The SMILES string of the molecule is c1ccc(-c2nc(-c3ccccc3)nc(-c3ccc4c(c3)c(-c3ccccc3)c(-c3ccccc3)c3cc(-n5c6ccccc6c6c7sc8ccccc8c7ccc65)ccc34)n2)cc1. The van der Waals surface area contributed by atoms with Crippen molar-refractivity contribution in [2.75, 3.05) is 0 Å². The van der Waals surface area contributed by atoms with E-state index in [0.717, 1.165) is 38.9 Å². The maximum atomic E-state index is 5.15. The van der Waals surface area contributed by atoms with E-state index >= 15 is 0 Å². The molecule has 0 fully saturated rings. The quantitative estimate of drug-likeness (QED) is 0.157. The highest BCUT2D eigenvalue weighted by molar-refractivity contribution is 7.26. The fourth-order valence-electron chi connectivity index (χ4n) is 9.77. The number of hydrogen-bond acceptors (Lipinski definition) is 4. The first kappa shape index (κ1) is 36.4. The van der Waals surface area contributed by atoms with Gasteiger partial charge in [-0.15, -0.1) is 11.3 Å². The zero-order valence-corrected chi connectivity index (χ0v) is 35.3. The Morgan fingerprint density at radius 1 is 0.312 bits per heavy atom. The molecule has 298 valence electrons. The van der Waals surface area contributed by atoms with E-state index in [-0.39, 0.29) is 0 Å². The monoisotopic (exact) mass is 832 g/mol. The average Bonchev–Trinajstić information content (AvgIpc) is 3.92. The highest BCUT2D eigenvalue weighted by Crippen LogP contribution is 2.48. The highest BCUT2D eigenvalue weighted by Gasteiger charge is 2.22. The number of benzene rings is 10. The summed E-state index contributed by atoms with van der Waals surface area (Å²) in [5.41, 5.74) is 11.0. The van der Waals surface area contributed by atoms with Crippen LogP contribution in [0.5, 0.6) is 0 Å². The van der Waals surface area contributed by atoms with Crippen LogP contribution in [0.2, 0.25) is 0 Å². The molecule has 64 heavy (non-hydrogen) atoms. The Balaban J connectivity index is 1.10. The second-order valence-electron chi connectivity index (χ2n) is 16.3. The van der Waals surface area contributed by atoms with Crippen molar-refractivity contribution in [3.8, 4) is 62.1 Å². The summed E-state index contributed by atoms with van der Waals surface area (Å²) in [6.45, 7) is 0. The number of rotatable bonds is 6. The number of aromatic nitrogens is 4. The van der Waals surface area contributed by atoms with Crippen LogP contribution in [0.25, 0.3) is 126 Å². The molecule has 0 saturated carbocycles. The number of para-hydroxylation sites is 1. The van der Waals surface area contributed by atoms with Crippen LogP contribution in [0.15, 0.2) is 218 Å². The Kier molecular flexibility index (Phi) is 8.36. The van der Waals surface area contributed by atoms with Crippen LogP contribution in [0.3, 0.4) is 0 Å². The van der Waals surface area contributed by atoms with Gasteiger partial charge < -0.3 is 4.57 Å². The van der Waals surface area contributed by atoms with Crippen LogP contribution in [-0.2, 0) is 0 Å². The average molecular weight is 833 g/mol. The molecule has 0 saturated heterocycles. The van der Waals surface area contributed by atoms with E-state index in [4.69, 9.17) is 15.0 Å². The molecule has 13 rings (SSSR count). The molecule has 13 aromatic rings. The summed E-state index contributed by atoms with van der Waals surface area (Å²) in [5, 5.41) is 9.86. The third-order valence-electron chi connectivity index (χ3n) is 12.6. The van der Waals surface area contributed by atoms with Crippen LogP contribution in [0.4, 0.5) is 0 Å². The number of fused-ring (bicyclic) bond motifs is 10. The van der Waals surface area contributed by atoms with E-state index in [1.54, 1.807) is 0 Å². The van der Waals surface area contributed by atoms with Crippen molar-refractivity contribution in [1.29, 1.82) is 0 Å². The second kappa shape index (κ2) is 14.7. The van der Waals surface area contributed by atoms with Crippen molar-refractivity contribution in [3.05, 3.63) is 218 Å². The minimum absolute atomic E-state index is 0.629. The van der Waals surface area contributed by atoms with Crippen LogP contribution in [-0.4, -0.2) is 19.5 Å². The standard InChI is InChI=1S/C59H36N4S/c1-5-17-37(18-6-1)53-48-35-41(59-61-57(39-21-9-3-10-22-39)60-58(62-59)40-23-11-4-12-24-40)29-31-43(48)44-32-30-42(36-49(44)54(53)38-19-7-2-8-20-38)63-50-27-15-13-26-47(50)55-51(63)34-33-46-45-25-14-16-28-52(45)64-56(46)55/h1-36H. The summed E-state index contributed by atoms with van der Waals surface area (Å²) in [7, 11) is 0. The normalized spacial score (nSPS) is 11.8. The molecule has 5 heteroatoms. The highest BCUT2D eigenvalue weighted by atomic mass is 32.1. The van der Waals surface area contributed by atoms with Gasteiger partial charge in [0.1, 0.15) is 0 Å². The molecule has 0 atom stereocenters.